The van der Waals surface area contributed by atoms with Gasteiger partial charge in [0.2, 0.25) is 0 Å². The van der Waals surface area contributed by atoms with E-state index in [0.29, 0.717) is 12.3 Å². The Morgan fingerprint density at radius 3 is 2.37 bits per heavy atom. The van der Waals surface area contributed by atoms with Crippen molar-refractivity contribution in [3.05, 3.63) is 59.0 Å². The zero-order valence-electron chi connectivity index (χ0n) is 11.1. The van der Waals surface area contributed by atoms with E-state index in [4.69, 9.17) is 10.2 Å². The number of aliphatic hydroxyl groups excluding tert-OH is 1. The fraction of sp³-hybridized carbons (Fsp3) is 0.375. The lowest BCUT2D eigenvalue weighted by Gasteiger charge is -2.14. The van der Waals surface area contributed by atoms with Crippen LogP contribution in [0, 0.1) is 6.92 Å². The standard InChI is InChI=1S/C16H19NO2/c1-11-2-7-14(19-11)15(18)12-3-5-13(6-4-12)16(10-17)8-9-16/h2-7,15,18H,8-10,17H2,1H3. The van der Waals surface area contributed by atoms with E-state index >= 15 is 0 Å². The zero-order valence-corrected chi connectivity index (χ0v) is 11.1. The van der Waals surface area contributed by atoms with Gasteiger partial charge in [0.15, 0.2) is 0 Å². The number of aliphatic hydroxyl groups is 1. The van der Waals surface area contributed by atoms with Crippen molar-refractivity contribution in [1.29, 1.82) is 0 Å². The molecule has 19 heavy (non-hydrogen) atoms. The Labute approximate surface area is 113 Å². The van der Waals surface area contributed by atoms with Gasteiger partial charge in [-0.1, -0.05) is 24.3 Å². The molecule has 3 nitrogen and oxygen atoms in total. The van der Waals surface area contributed by atoms with Crippen LogP contribution in [0.4, 0.5) is 0 Å². The molecule has 1 aliphatic rings. The van der Waals surface area contributed by atoms with Crippen molar-refractivity contribution in [2.75, 3.05) is 6.54 Å². The molecule has 1 aromatic carbocycles. The van der Waals surface area contributed by atoms with Gasteiger partial charge >= 0.3 is 0 Å². The highest BCUT2D eigenvalue weighted by Crippen LogP contribution is 2.47. The Hall–Kier alpha value is -1.58. The summed E-state index contributed by atoms with van der Waals surface area (Å²) in [6, 6.07) is 11.8. The highest BCUT2D eigenvalue weighted by atomic mass is 16.4. The van der Waals surface area contributed by atoms with Crippen LogP contribution < -0.4 is 5.73 Å². The number of hydrogen-bond donors (Lipinski definition) is 2. The van der Waals surface area contributed by atoms with Crippen LogP contribution >= 0.6 is 0 Å². The molecule has 1 fully saturated rings. The summed E-state index contributed by atoms with van der Waals surface area (Å²) < 4.78 is 5.46. The molecule has 0 radical (unpaired) electrons. The highest BCUT2D eigenvalue weighted by molar-refractivity contribution is 5.36. The summed E-state index contributed by atoms with van der Waals surface area (Å²) in [5.74, 6) is 1.40. The lowest BCUT2D eigenvalue weighted by Crippen LogP contribution is -2.19. The molecule has 0 spiro atoms. The predicted molar refractivity (Wildman–Crippen MR) is 73.9 cm³/mol. The Morgan fingerprint density at radius 2 is 1.89 bits per heavy atom. The second kappa shape index (κ2) is 4.51. The number of furan rings is 1. The van der Waals surface area contributed by atoms with Crippen LogP contribution in [-0.4, -0.2) is 11.7 Å². The number of hydrogen-bond acceptors (Lipinski definition) is 3. The Morgan fingerprint density at radius 1 is 1.21 bits per heavy atom. The first-order chi connectivity index (χ1) is 9.14. The molecule has 1 heterocycles. The molecular formula is C16H19NO2. The van der Waals surface area contributed by atoms with Crippen LogP contribution in [0.25, 0.3) is 0 Å². The quantitative estimate of drug-likeness (QED) is 0.885. The van der Waals surface area contributed by atoms with Crippen LogP contribution in [0.2, 0.25) is 0 Å². The first-order valence-electron chi connectivity index (χ1n) is 6.69. The summed E-state index contributed by atoms with van der Waals surface area (Å²) in [5.41, 5.74) is 8.16. The SMILES string of the molecule is Cc1ccc(C(O)c2ccc(C3(CN)CC3)cc2)o1. The molecule has 2 aromatic rings. The molecular weight excluding hydrogens is 238 g/mol. The van der Waals surface area contributed by atoms with Crippen LogP contribution in [0.5, 0.6) is 0 Å². The van der Waals surface area contributed by atoms with Gasteiger partial charge in [-0.3, -0.25) is 0 Å². The number of nitrogens with two attached hydrogens (primary N) is 1. The van der Waals surface area contributed by atoms with Crippen LogP contribution in [0.15, 0.2) is 40.8 Å². The van der Waals surface area contributed by atoms with Gasteiger partial charge in [-0.2, -0.15) is 0 Å². The van der Waals surface area contributed by atoms with E-state index in [1.165, 1.54) is 18.4 Å². The van der Waals surface area contributed by atoms with Crippen molar-refractivity contribution in [3.8, 4) is 0 Å². The van der Waals surface area contributed by atoms with Gasteiger partial charge in [0, 0.05) is 12.0 Å². The molecule has 100 valence electrons. The van der Waals surface area contributed by atoms with Crippen LogP contribution in [0.3, 0.4) is 0 Å². The van der Waals surface area contributed by atoms with E-state index in [1.54, 1.807) is 0 Å². The highest BCUT2D eigenvalue weighted by Gasteiger charge is 2.42. The topological polar surface area (TPSA) is 59.4 Å². The molecule has 0 amide bonds. The molecule has 3 N–H and O–H groups in total. The van der Waals surface area contributed by atoms with Crippen molar-refractivity contribution in [2.45, 2.75) is 31.3 Å². The molecule has 0 saturated heterocycles. The summed E-state index contributed by atoms with van der Waals surface area (Å²) in [4.78, 5) is 0. The first-order valence-corrected chi connectivity index (χ1v) is 6.69. The largest absolute Gasteiger partial charge is 0.463 e. The third kappa shape index (κ3) is 2.20. The van der Waals surface area contributed by atoms with Gasteiger partial charge in [-0.15, -0.1) is 0 Å². The molecule has 1 unspecified atom stereocenters. The molecule has 0 bridgehead atoms. The van der Waals surface area contributed by atoms with Crippen molar-refractivity contribution < 1.29 is 9.52 Å². The van der Waals surface area contributed by atoms with Crippen LogP contribution in [0.1, 0.15) is 41.6 Å². The maximum atomic E-state index is 10.3. The number of rotatable bonds is 4. The van der Waals surface area contributed by atoms with E-state index in [1.807, 2.05) is 31.2 Å². The van der Waals surface area contributed by atoms with Gasteiger partial charge in [0.05, 0.1) is 0 Å². The van der Waals surface area contributed by atoms with Crippen molar-refractivity contribution in [1.82, 2.24) is 0 Å². The summed E-state index contributed by atoms with van der Waals surface area (Å²) >= 11 is 0. The molecule has 3 heteroatoms. The van der Waals surface area contributed by atoms with Crippen molar-refractivity contribution in [3.63, 3.8) is 0 Å². The monoisotopic (exact) mass is 257 g/mol. The summed E-state index contributed by atoms with van der Waals surface area (Å²) in [6.45, 7) is 2.57. The molecule has 1 atom stereocenters. The molecule has 0 aliphatic heterocycles. The number of benzene rings is 1. The maximum absolute atomic E-state index is 10.3. The maximum Gasteiger partial charge on any atom is 0.137 e. The van der Waals surface area contributed by atoms with E-state index in [2.05, 4.69) is 12.1 Å². The second-order valence-electron chi connectivity index (χ2n) is 5.46. The summed E-state index contributed by atoms with van der Waals surface area (Å²) in [6.07, 6.45) is 1.64. The fourth-order valence-corrected chi connectivity index (χ4v) is 2.55. The van der Waals surface area contributed by atoms with E-state index in [0.717, 1.165) is 11.3 Å². The smallest absolute Gasteiger partial charge is 0.137 e. The van der Waals surface area contributed by atoms with Gasteiger partial charge in [-0.25, -0.2) is 0 Å². The van der Waals surface area contributed by atoms with E-state index in [-0.39, 0.29) is 5.41 Å². The average molecular weight is 257 g/mol. The lowest BCUT2D eigenvalue weighted by molar-refractivity contribution is 0.187. The van der Waals surface area contributed by atoms with Gasteiger partial charge in [-0.05, 0) is 43.0 Å². The molecule has 1 saturated carbocycles. The first kappa shape index (κ1) is 12.5. The van der Waals surface area contributed by atoms with Crippen molar-refractivity contribution >= 4 is 0 Å². The molecule has 3 rings (SSSR count). The fourth-order valence-electron chi connectivity index (χ4n) is 2.55. The minimum atomic E-state index is -0.698. The van der Waals surface area contributed by atoms with Gasteiger partial charge in [0.1, 0.15) is 17.6 Å². The molecule has 1 aromatic heterocycles. The third-order valence-electron chi connectivity index (χ3n) is 4.11. The lowest BCUT2D eigenvalue weighted by atomic mass is 9.94. The summed E-state index contributed by atoms with van der Waals surface area (Å²) in [5, 5.41) is 10.3. The minimum Gasteiger partial charge on any atom is -0.463 e. The minimum absolute atomic E-state index is 0.199. The zero-order chi connectivity index (χ0) is 13.5. The Bertz CT molecular complexity index is 567. The number of aryl methyl sites for hydroxylation is 1. The predicted octanol–water partition coefficient (Wildman–Crippen LogP) is 2.66. The Kier molecular flexibility index (Phi) is 2.96. The van der Waals surface area contributed by atoms with Gasteiger partial charge in [0.25, 0.3) is 0 Å². The average Bonchev–Trinajstić information content (AvgIpc) is 3.14. The van der Waals surface area contributed by atoms with E-state index < -0.39 is 6.10 Å². The van der Waals surface area contributed by atoms with Crippen LogP contribution in [-0.2, 0) is 5.41 Å². The normalized spacial score (nSPS) is 18.3. The second-order valence-corrected chi connectivity index (χ2v) is 5.46. The van der Waals surface area contributed by atoms with Gasteiger partial charge < -0.3 is 15.3 Å². The third-order valence-corrected chi connectivity index (χ3v) is 4.11. The molecule has 1 aliphatic carbocycles. The summed E-state index contributed by atoms with van der Waals surface area (Å²) in [7, 11) is 0. The Balaban J connectivity index is 1.83. The van der Waals surface area contributed by atoms with Crippen molar-refractivity contribution in [2.24, 2.45) is 5.73 Å². The van der Waals surface area contributed by atoms with E-state index in [9.17, 15) is 5.11 Å².